The van der Waals surface area contributed by atoms with Gasteiger partial charge in [0.25, 0.3) is 0 Å². The van der Waals surface area contributed by atoms with Crippen LogP contribution in [-0.2, 0) is 11.3 Å². The first kappa shape index (κ1) is 16.3. The van der Waals surface area contributed by atoms with Crippen molar-refractivity contribution in [1.29, 1.82) is 0 Å². The van der Waals surface area contributed by atoms with Gasteiger partial charge in [0, 0.05) is 30.7 Å². The van der Waals surface area contributed by atoms with E-state index in [2.05, 4.69) is 10.2 Å². The fourth-order valence-electron chi connectivity index (χ4n) is 2.86. The van der Waals surface area contributed by atoms with Crippen molar-refractivity contribution in [1.82, 2.24) is 19.6 Å². The Bertz CT molecular complexity index is 923. The first-order valence-corrected chi connectivity index (χ1v) is 8.13. The highest BCUT2D eigenvalue weighted by atomic mass is 19.1. The summed E-state index contributed by atoms with van der Waals surface area (Å²) >= 11 is 0. The van der Waals surface area contributed by atoms with Gasteiger partial charge in [-0.3, -0.25) is 9.58 Å². The molecule has 3 heterocycles. The van der Waals surface area contributed by atoms with E-state index in [0.29, 0.717) is 24.5 Å². The molecule has 2 N–H and O–H groups in total. The van der Waals surface area contributed by atoms with E-state index in [1.807, 2.05) is 12.3 Å². The largest absolute Gasteiger partial charge is 0.443 e. The molecule has 0 saturated carbocycles. The number of hydrogen-bond acceptors (Lipinski definition) is 5. The molecule has 0 unspecified atom stereocenters. The van der Waals surface area contributed by atoms with E-state index in [1.165, 1.54) is 15.6 Å². The molecular weight excluding hydrogens is 339 g/mol. The minimum atomic E-state index is -0.520. The number of carbonyl (C=O) groups excluding carboxylic acids is 1. The van der Waals surface area contributed by atoms with Gasteiger partial charge in [-0.05, 0) is 24.3 Å². The monoisotopic (exact) mass is 356 g/mol. The second-order valence-corrected chi connectivity index (χ2v) is 5.98. The quantitative estimate of drug-likeness (QED) is 0.749. The zero-order valence-electron chi connectivity index (χ0n) is 13.8. The minimum absolute atomic E-state index is 0.231. The molecule has 0 spiro atoms. The van der Waals surface area contributed by atoms with E-state index in [0.717, 1.165) is 5.56 Å². The van der Waals surface area contributed by atoms with Crippen molar-refractivity contribution in [3.63, 3.8) is 0 Å². The molecule has 1 atom stereocenters. The molecule has 1 fully saturated rings. The molecule has 26 heavy (non-hydrogen) atoms. The van der Waals surface area contributed by atoms with Crippen LogP contribution in [0, 0.1) is 5.82 Å². The lowest BCUT2D eigenvalue weighted by Gasteiger charge is -2.14. The lowest BCUT2D eigenvalue weighted by atomic mass is 10.2. The number of benzene rings is 1. The second kappa shape index (κ2) is 6.60. The third kappa shape index (κ3) is 3.04. The van der Waals surface area contributed by atoms with Crippen molar-refractivity contribution in [2.45, 2.75) is 12.6 Å². The summed E-state index contributed by atoms with van der Waals surface area (Å²) in [7, 11) is 0. The van der Waals surface area contributed by atoms with Crippen molar-refractivity contribution in [2.75, 3.05) is 18.0 Å². The number of rotatable bonds is 5. The SMILES string of the molecule is NC[C@H]1CN(c2ccc(-n3cc(Cn4cccn4)cn3)c(F)c2)C(=O)O1. The smallest absolute Gasteiger partial charge is 0.414 e. The first-order chi connectivity index (χ1) is 12.6. The zero-order chi connectivity index (χ0) is 18.1. The fourth-order valence-corrected chi connectivity index (χ4v) is 2.86. The number of nitrogens with zero attached hydrogens (tertiary/aromatic N) is 5. The van der Waals surface area contributed by atoms with Gasteiger partial charge >= 0.3 is 6.09 Å². The predicted octanol–water partition coefficient (Wildman–Crippen LogP) is 1.54. The second-order valence-electron chi connectivity index (χ2n) is 5.98. The number of nitrogens with two attached hydrogens (primary N) is 1. The maximum atomic E-state index is 14.6. The van der Waals surface area contributed by atoms with Crippen LogP contribution in [0.1, 0.15) is 5.56 Å². The van der Waals surface area contributed by atoms with E-state index in [-0.39, 0.29) is 12.6 Å². The number of anilines is 1. The van der Waals surface area contributed by atoms with Crippen LogP contribution in [0.25, 0.3) is 5.69 Å². The van der Waals surface area contributed by atoms with Crippen LogP contribution in [0.15, 0.2) is 49.1 Å². The van der Waals surface area contributed by atoms with E-state index in [4.69, 9.17) is 10.5 Å². The number of halogens is 1. The predicted molar refractivity (Wildman–Crippen MR) is 91.5 cm³/mol. The standard InChI is InChI=1S/C17H17FN6O2/c18-15-6-13(23-11-14(7-19)26-17(23)25)2-3-16(15)24-10-12(8-21-24)9-22-5-1-4-20-22/h1-6,8,10,14H,7,9,11,19H2/t14-/m0/s1. The Morgan fingerprint density at radius 2 is 2.23 bits per heavy atom. The van der Waals surface area contributed by atoms with Crippen LogP contribution >= 0.6 is 0 Å². The molecular formula is C17H17FN6O2. The topological polar surface area (TPSA) is 91.2 Å². The van der Waals surface area contributed by atoms with E-state index < -0.39 is 11.9 Å². The Balaban J connectivity index is 1.55. The molecule has 1 saturated heterocycles. The van der Waals surface area contributed by atoms with Crippen molar-refractivity contribution in [3.8, 4) is 5.69 Å². The molecule has 134 valence electrons. The number of ether oxygens (including phenoxy) is 1. The highest BCUT2D eigenvalue weighted by molar-refractivity contribution is 5.89. The number of hydrogen-bond donors (Lipinski definition) is 1. The molecule has 3 aromatic rings. The molecule has 4 rings (SSSR count). The summed E-state index contributed by atoms with van der Waals surface area (Å²) in [6, 6.07) is 6.37. The summed E-state index contributed by atoms with van der Waals surface area (Å²) in [6.45, 7) is 1.09. The maximum Gasteiger partial charge on any atom is 0.414 e. The van der Waals surface area contributed by atoms with Crippen LogP contribution in [-0.4, -0.2) is 44.8 Å². The summed E-state index contributed by atoms with van der Waals surface area (Å²) in [4.78, 5) is 13.2. The van der Waals surface area contributed by atoms with Gasteiger partial charge in [-0.2, -0.15) is 10.2 Å². The number of amides is 1. The Hall–Kier alpha value is -3.20. The molecule has 1 aliphatic rings. The molecule has 0 bridgehead atoms. The van der Waals surface area contributed by atoms with Gasteiger partial charge in [0.2, 0.25) is 0 Å². The zero-order valence-corrected chi connectivity index (χ0v) is 13.8. The average molecular weight is 356 g/mol. The molecule has 2 aromatic heterocycles. The van der Waals surface area contributed by atoms with Crippen molar-refractivity contribution < 1.29 is 13.9 Å². The summed E-state index contributed by atoms with van der Waals surface area (Å²) in [5.41, 5.74) is 7.14. The molecule has 9 heteroatoms. The van der Waals surface area contributed by atoms with Crippen LogP contribution in [0.5, 0.6) is 0 Å². The number of aromatic nitrogens is 4. The fraction of sp³-hybridized carbons (Fsp3) is 0.235. The molecule has 1 amide bonds. The highest BCUT2D eigenvalue weighted by Crippen LogP contribution is 2.25. The van der Waals surface area contributed by atoms with Gasteiger partial charge in [-0.15, -0.1) is 0 Å². The Labute approximate surface area is 148 Å². The van der Waals surface area contributed by atoms with E-state index >= 15 is 0 Å². The summed E-state index contributed by atoms with van der Waals surface area (Å²) in [5.74, 6) is -0.486. The van der Waals surface area contributed by atoms with Gasteiger partial charge in [0.15, 0.2) is 5.82 Å². The van der Waals surface area contributed by atoms with Crippen LogP contribution in [0.4, 0.5) is 14.9 Å². The van der Waals surface area contributed by atoms with Gasteiger partial charge in [-0.1, -0.05) is 0 Å². The molecule has 0 radical (unpaired) electrons. The maximum absolute atomic E-state index is 14.6. The van der Waals surface area contributed by atoms with Crippen molar-refractivity contribution in [3.05, 3.63) is 60.4 Å². The van der Waals surface area contributed by atoms with E-state index in [1.54, 1.807) is 35.4 Å². The average Bonchev–Trinajstić information content (AvgIpc) is 3.36. The molecule has 8 nitrogen and oxygen atoms in total. The Morgan fingerprint density at radius 1 is 1.35 bits per heavy atom. The normalized spacial score (nSPS) is 16.9. The number of carbonyl (C=O) groups is 1. The minimum Gasteiger partial charge on any atom is -0.443 e. The third-order valence-electron chi connectivity index (χ3n) is 4.17. The molecule has 1 aromatic carbocycles. The van der Waals surface area contributed by atoms with Crippen molar-refractivity contribution in [2.24, 2.45) is 5.73 Å². The van der Waals surface area contributed by atoms with Crippen LogP contribution < -0.4 is 10.6 Å². The lowest BCUT2D eigenvalue weighted by Crippen LogP contribution is -2.27. The van der Waals surface area contributed by atoms with Gasteiger partial charge < -0.3 is 10.5 Å². The summed E-state index contributed by atoms with van der Waals surface area (Å²) < 4.78 is 22.9. The first-order valence-electron chi connectivity index (χ1n) is 8.13. The Morgan fingerprint density at radius 3 is 2.92 bits per heavy atom. The van der Waals surface area contributed by atoms with Gasteiger partial charge in [0.1, 0.15) is 11.8 Å². The van der Waals surface area contributed by atoms with Gasteiger partial charge in [0.05, 0.1) is 25.0 Å². The van der Waals surface area contributed by atoms with E-state index in [9.17, 15) is 9.18 Å². The third-order valence-corrected chi connectivity index (χ3v) is 4.17. The van der Waals surface area contributed by atoms with Crippen molar-refractivity contribution >= 4 is 11.8 Å². The van der Waals surface area contributed by atoms with Crippen LogP contribution in [0.3, 0.4) is 0 Å². The molecule has 1 aliphatic heterocycles. The van der Waals surface area contributed by atoms with Gasteiger partial charge in [-0.25, -0.2) is 13.9 Å². The number of cyclic esters (lactones) is 1. The molecule has 0 aliphatic carbocycles. The highest BCUT2D eigenvalue weighted by Gasteiger charge is 2.31. The van der Waals surface area contributed by atoms with Crippen LogP contribution in [0.2, 0.25) is 0 Å². The summed E-state index contributed by atoms with van der Waals surface area (Å²) in [6.07, 6.45) is 6.06. The summed E-state index contributed by atoms with van der Waals surface area (Å²) in [5, 5.41) is 8.34. The Kier molecular flexibility index (Phi) is 4.13. The lowest BCUT2D eigenvalue weighted by molar-refractivity contribution is 0.145.